The Morgan fingerprint density at radius 1 is 1.06 bits per heavy atom. The number of carbonyl (C=O) groups is 1. The average molecular weight is 336 g/mol. The highest BCUT2D eigenvalue weighted by Gasteiger charge is 2.10. The summed E-state index contributed by atoms with van der Waals surface area (Å²) in [7, 11) is 0. The van der Waals surface area contributed by atoms with Crippen LogP contribution in [0.3, 0.4) is 0 Å². The number of hydrogen-bond acceptors (Lipinski definition) is 1. The first kappa shape index (κ1) is 12.3. The molecule has 0 aliphatic rings. The molecule has 0 aliphatic heterocycles. The fraction of sp³-hybridized carbons (Fsp3) is 0.133. The highest BCUT2D eigenvalue weighted by Crippen LogP contribution is 2.16. The van der Waals surface area contributed by atoms with Gasteiger partial charge in [-0.3, -0.25) is 4.79 Å². The van der Waals surface area contributed by atoms with Gasteiger partial charge in [0.25, 0.3) is 0 Å². The lowest BCUT2D eigenvalue weighted by Gasteiger charge is -2.06. The second-order valence-corrected chi connectivity index (χ2v) is 5.17. The lowest BCUT2D eigenvalue weighted by atomic mass is 10.00. The monoisotopic (exact) mass is 336 g/mol. The van der Waals surface area contributed by atoms with Gasteiger partial charge in [0, 0.05) is 15.6 Å². The molecule has 2 rings (SSSR count). The second-order valence-electron chi connectivity index (χ2n) is 4.01. The van der Waals surface area contributed by atoms with E-state index in [-0.39, 0.29) is 5.78 Å². The summed E-state index contributed by atoms with van der Waals surface area (Å²) in [6, 6.07) is 15.7. The van der Waals surface area contributed by atoms with Crippen LogP contribution in [0.5, 0.6) is 0 Å². The Labute approximate surface area is 115 Å². The summed E-state index contributed by atoms with van der Waals surface area (Å²) < 4.78 is 1.02. The first-order valence-corrected chi connectivity index (χ1v) is 6.58. The van der Waals surface area contributed by atoms with Crippen LogP contribution in [0.2, 0.25) is 0 Å². The summed E-state index contributed by atoms with van der Waals surface area (Å²) in [5.41, 5.74) is 3.10. The summed E-state index contributed by atoms with van der Waals surface area (Å²) in [6.45, 7) is 2.04. The van der Waals surface area contributed by atoms with Crippen molar-refractivity contribution in [1.29, 1.82) is 0 Å². The minimum Gasteiger partial charge on any atom is -0.294 e. The predicted octanol–water partition coefficient (Wildman–Crippen LogP) is 4.03. The topological polar surface area (TPSA) is 17.1 Å². The third kappa shape index (κ3) is 2.94. The van der Waals surface area contributed by atoms with E-state index in [9.17, 15) is 4.79 Å². The fourth-order valence-electron chi connectivity index (χ4n) is 1.76. The van der Waals surface area contributed by atoms with Gasteiger partial charge in [-0.2, -0.15) is 0 Å². The number of ketones is 1. The molecule has 0 saturated heterocycles. The Balaban J connectivity index is 2.24. The van der Waals surface area contributed by atoms with E-state index in [1.807, 2.05) is 55.5 Å². The van der Waals surface area contributed by atoms with Crippen molar-refractivity contribution in [3.05, 3.63) is 68.8 Å². The molecule has 0 amide bonds. The number of halogens is 1. The third-order valence-corrected chi connectivity index (χ3v) is 3.73. The number of benzene rings is 2. The molecular formula is C15H13IO. The molecule has 1 nitrogen and oxygen atoms in total. The van der Waals surface area contributed by atoms with Crippen molar-refractivity contribution in [2.24, 2.45) is 0 Å². The molecule has 0 saturated carbocycles. The molecule has 0 aliphatic carbocycles. The van der Waals surface area contributed by atoms with Gasteiger partial charge in [0.05, 0.1) is 0 Å². The summed E-state index contributed by atoms with van der Waals surface area (Å²) in [5.74, 6) is 0.185. The van der Waals surface area contributed by atoms with E-state index in [2.05, 4.69) is 22.6 Å². The molecule has 0 spiro atoms. The van der Waals surface area contributed by atoms with Crippen molar-refractivity contribution >= 4 is 28.4 Å². The van der Waals surface area contributed by atoms with Crippen LogP contribution in [0, 0.1) is 10.5 Å². The highest BCUT2D eigenvalue weighted by molar-refractivity contribution is 14.1. The summed E-state index contributed by atoms with van der Waals surface area (Å²) in [5, 5.41) is 0. The van der Waals surface area contributed by atoms with Crippen LogP contribution >= 0.6 is 22.6 Å². The Hall–Kier alpha value is -1.16. The van der Waals surface area contributed by atoms with Crippen LogP contribution in [0.1, 0.15) is 21.5 Å². The maximum absolute atomic E-state index is 12.2. The molecule has 2 aromatic rings. The lowest BCUT2D eigenvalue weighted by Crippen LogP contribution is -2.06. The summed E-state index contributed by atoms with van der Waals surface area (Å²) in [6.07, 6.45) is 0.479. The number of Topliss-reactive ketones (excluding diaryl/α,β-unsaturated/α-hetero) is 1. The second kappa shape index (κ2) is 5.45. The van der Waals surface area contributed by atoms with Crippen LogP contribution in [-0.2, 0) is 6.42 Å². The molecule has 0 bridgehead atoms. The van der Waals surface area contributed by atoms with E-state index in [4.69, 9.17) is 0 Å². The van der Waals surface area contributed by atoms with Crippen molar-refractivity contribution in [1.82, 2.24) is 0 Å². The standard InChI is InChI=1S/C15H13IO/c1-11-6-2-3-7-12(11)10-15(17)13-8-4-5-9-14(13)16/h2-9H,10H2,1H3. The third-order valence-electron chi connectivity index (χ3n) is 2.79. The van der Waals surface area contributed by atoms with E-state index in [0.717, 1.165) is 14.7 Å². The maximum Gasteiger partial charge on any atom is 0.168 e. The van der Waals surface area contributed by atoms with E-state index in [1.54, 1.807) is 0 Å². The van der Waals surface area contributed by atoms with Crippen molar-refractivity contribution in [3.63, 3.8) is 0 Å². The summed E-state index contributed by atoms with van der Waals surface area (Å²) in [4.78, 5) is 12.2. The largest absolute Gasteiger partial charge is 0.294 e. The van der Waals surface area contributed by atoms with E-state index >= 15 is 0 Å². The Kier molecular flexibility index (Phi) is 3.94. The molecule has 0 atom stereocenters. The predicted molar refractivity (Wildman–Crippen MR) is 78.4 cm³/mol. The van der Waals surface area contributed by atoms with Crippen molar-refractivity contribution in [2.75, 3.05) is 0 Å². The van der Waals surface area contributed by atoms with Gasteiger partial charge in [0.1, 0.15) is 0 Å². The van der Waals surface area contributed by atoms with Crippen LogP contribution in [0.25, 0.3) is 0 Å². The smallest absolute Gasteiger partial charge is 0.168 e. The zero-order valence-corrected chi connectivity index (χ0v) is 11.8. The van der Waals surface area contributed by atoms with E-state index in [1.165, 1.54) is 5.56 Å². The maximum atomic E-state index is 12.2. The van der Waals surface area contributed by atoms with Gasteiger partial charge < -0.3 is 0 Å². The van der Waals surface area contributed by atoms with Gasteiger partial charge in [0.2, 0.25) is 0 Å². The molecule has 0 N–H and O–H groups in total. The molecule has 0 aromatic heterocycles. The number of aryl methyl sites for hydroxylation is 1. The SMILES string of the molecule is Cc1ccccc1CC(=O)c1ccccc1I. The molecule has 0 fully saturated rings. The zero-order chi connectivity index (χ0) is 12.3. The molecule has 0 unspecified atom stereocenters. The Bertz CT molecular complexity index is 546. The number of rotatable bonds is 3. The summed E-state index contributed by atoms with van der Waals surface area (Å²) >= 11 is 2.21. The van der Waals surface area contributed by atoms with Gasteiger partial charge in [-0.1, -0.05) is 42.5 Å². The minimum atomic E-state index is 0.185. The van der Waals surface area contributed by atoms with Crippen LogP contribution < -0.4 is 0 Å². The van der Waals surface area contributed by atoms with Gasteiger partial charge in [-0.15, -0.1) is 0 Å². The Morgan fingerprint density at radius 3 is 2.41 bits per heavy atom. The van der Waals surface area contributed by atoms with Crippen molar-refractivity contribution in [3.8, 4) is 0 Å². The quantitative estimate of drug-likeness (QED) is 0.611. The van der Waals surface area contributed by atoms with E-state index < -0.39 is 0 Å². The average Bonchev–Trinajstić information content (AvgIpc) is 2.32. The molecule has 2 aromatic carbocycles. The minimum absolute atomic E-state index is 0.185. The molecule has 86 valence electrons. The fourth-order valence-corrected chi connectivity index (χ4v) is 2.45. The first-order valence-electron chi connectivity index (χ1n) is 5.50. The van der Waals surface area contributed by atoms with Crippen LogP contribution in [-0.4, -0.2) is 5.78 Å². The van der Waals surface area contributed by atoms with Gasteiger partial charge in [0.15, 0.2) is 5.78 Å². The zero-order valence-electron chi connectivity index (χ0n) is 9.61. The van der Waals surface area contributed by atoms with Crippen LogP contribution in [0.4, 0.5) is 0 Å². The van der Waals surface area contributed by atoms with Gasteiger partial charge in [-0.05, 0) is 46.7 Å². The Morgan fingerprint density at radius 2 is 1.71 bits per heavy atom. The highest BCUT2D eigenvalue weighted by atomic mass is 127. The molecule has 0 radical (unpaired) electrons. The van der Waals surface area contributed by atoms with Gasteiger partial charge in [-0.25, -0.2) is 0 Å². The van der Waals surface area contributed by atoms with Crippen molar-refractivity contribution < 1.29 is 4.79 Å². The van der Waals surface area contributed by atoms with Gasteiger partial charge >= 0.3 is 0 Å². The van der Waals surface area contributed by atoms with Crippen molar-refractivity contribution in [2.45, 2.75) is 13.3 Å². The normalized spacial score (nSPS) is 10.2. The molecular weight excluding hydrogens is 323 g/mol. The first-order chi connectivity index (χ1) is 8.18. The molecule has 17 heavy (non-hydrogen) atoms. The molecule has 2 heteroatoms. The lowest BCUT2D eigenvalue weighted by molar-refractivity contribution is 0.0992. The number of hydrogen-bond donors (Lipinski definition) is 0. The van der Waals surface area contributed by atoms with Crippen LogP contribution in [0.15, 0.2) is 48.5 Å². The molecule has 0 heterocycles. The van der Waals surface area contributed by atoms with E-state index in [0.29, 0.717) is 6.42 Å². The number of carbonyl (C=O) groups excluding carboxylic acids is 1.